The molecule has 1 saturated heterocycles. The number of hydrogen-bond donors (Lipinski definition) is 1. The van der Waals surface area contributed by atoms with Gasteiger partial charge in [-0.2, -0.15) is 0 Å². The van der Waals surface area contributed by atoms with Crippen molar-refractivity contribution in [3.8, 4) is 0 Å². The minimum absolute atomic E-state index is 0.139. The molecule has 0 amide bonds. The molecule has 2 aliphatic rings. The highest BCUT2D eigenvalue weighted by Crippen LogP contribution is 2.38. The number of carboxylic acids is 1. The van der Waals surface area contributed by atoms with E-state index in [1.165, 1.54) is 32.1 Å². The highest BCUT2D eigenvalue weighted by Gasteiger charge is 2.50. The van der Waals surface area contributed by atoms with Crippen LogP contribution in [0.2, 0.25) is 0 Å². The van der Waals surface area contributed by atoms with Crippen molar-refractivity contribution in [3.63, 3.8) is 0 Å². The molecule has 6 rings (SSSR count). The Labute approximate surface area is 334 Å². The summed E-state index contributed by atoms with van der Waals surface area (Å²) in [7, 11) is 0. The summed E-state index contributed by atoms with van der Waals surface area (Å²) in [4.78, 5) is 12.0. The van der Waals surface area contributed by atoms with E-state index in [0.29, 0.717) is 33.0 Å². The molecule has 0 aromatic heterocycles. The lowest BCUT2D eigenvalue weighted by Gasteiger charge is -2.48. The van der Waals surface area contributed by atoms with Crippen molar-refractivity contribution in [1.82, 2.24) is 0 Å². The van der Waals surface area contributed by atoms with Gasteiger partial charge in [0.2, 0.25) is 0 Å². The summed E-state index contributed by atoms with van der Waals surface area (Å²) in [6.07, 6.45) is 9.94. The predicted molar refractivity (Wildman–Crippen MR) is 220 cm³/mol. The van der Waals surface area contributed by atoms with Crippen molar-refractivity contribution in [3.05, 3.63) is 144 Å². The zero-order valence-electron chi connectivity index (χ0n) is 33.0. The van der Waals surface area contributed by atoms with Gasteiger partial charge in [0, 0.05) is 6.42 Å². The second-order valence-corrected chi connectivity index (χ2v) is 15.8. The van der Waals surface area contributed by atoms with Crippen LogP contribution < -0.4 is 0 Å². The standard InChI is InChI=1S/C49H62O7/c50-45(51)32-38-20-10-4-2-1-3-5-19-29-43(31-30-38)46-48(54-35-41-25-15-8-16-26-41)49(55-36-42-27-17-9-18-28-42)47(53-34-40-23-13-7-14-24-40)44(56-46)37-52-33-39-21-11-6-12-22-39/h6-9,11-18,21-28,38,43-44,46-49H,1-5,10,19-20,29-37H2,(H,50,51). The normalized spacial score (nSPS) is 25.3. The van der Waals surface area contributed by atoms with E-state index in [1.807, 2.05) is 72.8 Å². The zero-order valence-corrected chi connectivity index (χ0v) is 33.0. The van der Waals surface area contributed by atoms with Crippen LogP contribution in [0.5, 0.6) is 0 Å². The summed E-state index contributed by atoms with van der Waals surface area (Å²) in [5, 5.41) is 9.89. The molecule has 4 aromatic carbocycles. The maximum absolute atomic E-state index is 12.0. The number of ether oxygens (including phenoxy) is 5. The van der Waals surface area contributed by atoms with Gasteiger partial charge < -0.3 is 28.8 Å². The molecule has 0 spiro atoms. The number of carbonyl (C=O) groups is 1. The SMILES string of the molecule is O=C(O)CC1CCCCCCCCCC(C2OC(COCc3ccccc3)C(OCc3ccccc3)C(OCc3ccccc3)C2OCc2ccccc2)CC1. The largest absolute Gasteiger partial charge is 0.481 e. The molecular formula is C49H62O7. The molecule has 2 fully saturated rings. The van der Waals surface area contributed by atoms with Crippen LogP contribution in [-0.2, 0) is 54.9 Å². The Morgan fingerprint density at radius 2 is 0.964 bits per heavy atom. The van der Waals surface area contributed by atoms with Crippen molar-refractivity contribution >= 4 is 5.97 Å². The first-order valence-electron chi connectivity index (χ1n) is 21.1. The van der Waals surface area contributed by atoms with Gasteiger partial charge >= 0.3 is 5.97 Å². The molecule has 7 heteroatoms. The van der Waals surface area contributed by atoms with Gasteiger partial charge in [0.05, 0.1) is 39.1 Å². The fourth-order valence-electron chi connectivity index (χ4n) is 8.45. The van der Waals surface area contributed by atoms with Crippen LogP contribution in [0.25, 0.3) is 0 Å². The van der Waals surface area contributed by atoms with Crippen molar-refractivity contribution in [2.24, 2.45) is 11.8 Å². The molecule has 1 saturated carbocycles. The van der Waals surface area contributed by atoms with Crippen molar-refractivity contribution < 1.29 is 33.6 Å². The number of rotatable bonds is 16. The van der Waals surface area contributed by atoms with Crippen LogP contribution in [0, 0.1) is 11.8 Å². The van der Waals surface area contributed by atoms with Crippen molar-refractivity contribution in [2.45, 2.75) is 134 Å². The minimum atomic E-state index is -0.711. The van der Waals surface area contributed by atoms with Gasteiger partial charge in [0.15, 0.2) is 0 Å². The molecule has 0 radical (unpaired) electrons. The molecule has 7 nitrogen and oxygen atoms in total. The van der Waals surface area contributed by atoms with Crippen molar-refractivity contribution in [1.29, 1.82) is 0 Å². The molecule has 0 bridgehead atoms. The molecule has 1 aliphatic heterocycles. The molecule has 1 N–H and O–H groups in total. The second kappa shape index (κ2) is 23.4. The van der Waals surface area contributed by atoms with Gasteiger partial charge in [-0.25, -0.2) is 0 Å². The molecule has 1 heterocycles. The molecule has 300 valence electrons. The summed E-state index contributed by atoms with van der Waals surface area (Å²) in [6.45, 7) is 1.99. The van der Waals surface area contributed by atoms with Crippen LogP contribution in [0.15, 0.2) is 121 Å². The Morgan fingerprint density at radius 3 is 1.48 bits per heavy atom. The summed E-state index contributed by atoms with van der Waals surface area (Å²) in [6, 6.07) is 41.1. The molecule has 56 heavy (non-hydrogen) atoms. The second-order valence-electron chi connectivity index (χ2n) is 15.8. The third kappa shape index (κ3) is 13.7. The predicted octanol–water partition coefficient (Wildman–Crippen LogP) is 10.7. The number of carboxylic acid groups (broad SMARTS) is 1. The van der Waals surface area contributed by atoms with E-state index in [1.54, 1.807) is 0 Å². The first-order chi connectivity index (χ1) is 27.6. The zero-order chi connectivity index (χ0) is 38.6. The van der Waals surface area contributed by atoms with Gasteiger partial charge in [-0.1, -0.05) is 166 Å². The lowest BCUT2D eigenvalue weighted by atomic mass is 9.80. The van der Waals surface area contributed by atoms with E-state index in [9.17, 15) is 9.90 Å². The van der Waals surface area contributed by atoms with E-state index in [0.717, 1.165) is 60.8 Å². The van der Waals surface area contributed by atoms with Crippen LogP contribution in [0.1, 0.15) is 99.3 Å². The maximum atomic E-state index is 12.0. The molecule has 4 aromatic rings. The van der Waals surface area contributed by atoms with E-state index in [4.69, 9.17) is 23.7 Å². The molecule has 7 atom stereocenters. The minimum Gasteiger partial charge on any atom is -0.481 e. The van der Waals surface area contributed by atoms with Gasteiger partial charge in [-0.15, -0.1) is 0 Å². The topological polar surface area (TPSA) is 83.5 Å². The Morgan fingerprint density at radius 1 is 0.518 bits per heavy atom. The molecule has 1 aliphatic carbocycles. The summed E-state index contributed by atoms with van der Waals surface area (Å²) in [5.74, 6) is -0.431. The summed E-state index contributed by atoms with van der Waals surface area (Å²) in [5.41, 5.74) is 4.33. The Kier molecular flexibility index (Phi) is 17.5. The van der Waals surface area contributed by atoms with E-state index in [2.05, 4.69) is 48.5 Å². The lowest BCUT2D eigenvalue weighted by molar-refractivity contribution is -0.282. The quantitative estimate of drug-likeness (QED) is 0.122. The maximum Gasteiger partial charge on any atom is 0.303 e. The van der Waals surface area contributed by atoms with Crippen molar-refractivity contribution in [2.75, 3.05) is 6.61 Å². The van der Waals surface area contributed by atoms with Gasteiger partial charge in [0.1, 0.15) is 24.4 Å². The lowest BCUT2D eigenvalue weighted by Crippen LogP contribution is -2.62. The fourth-order valence-corrected chi connectivity index (χ4v) is 8.45. The average Bonchev–Trinajstić information content (AvgIpc) is 3.25. The number of benzene rings is 4. The molecule has 7 unspecified atom stereocenters. The number of aliphatic carboxylic acids is 1. The number of hydrogen-bond acceptors (Lipinski definition) is 6. The van der Waals surface area contributed by atoms with Crippen LogP contribution in [-0.4, -0.2) is 48.2 Å². The van der Waals surface area contributed by atoms with Crippen LogP contribution in [0.3, 0.4) is 0 Å². The van der Waals surface area contributed by atoms with Gasteiger partial charge in [0.25, 0.3) is 0 Å². The Hall–Kier alpha value is -3.85. The third-order valence-electron chi connectivity index (χ3n) is 11.5. The summed E-state index contributed by atoms with van der Waals surface area (Å²) >= 11 is 0. The average molecular weight is 763 g/mol. The van der Waals surface area contributed by atoms with E-state index >= 15 is 0 Å². The Balaban J connectivity index is 1.35. The van der Waals surface area contributed by atoms with E-state index < -0.39 is 30.4 Å². The van der Waals surface area contributed by atoms with Gasteiger partial charge in [-0.3, -0.25) is 4.79 Å². The molecular weight excluding hydrogens is 701 g/mol. The van der Waals surface area contributed by atoms with Gasteiger partial charge in [-0.05, 0) is 59.8 Å². The van der Waals surface area contributed by atoms with Crippen LogP contribution in [0.4, 0.5) is 0 Å². The smallest absolute Gasteiger partial charge is 0.303 e. The first kappa shape index (κ1) is 41.8. The third-order valence-corrected chi connectivity index (χ3v) is 11.5. The van der Waals surface area contributed by atoms with Crippen LogP contribution >= 0.6 is 0 Å². The monoisotopic (exact) mass is 762 g/mol. The summed E-state index contributed by atoms with van der Waals surface area (Å²) < 4.78 is 34.8. The fraction of sp³-hybridized carbons (Fsp3) is 0.490. The first-order valence-corrected chi connectivity index (χ1v) is 21.1. The highest BCUT2D eigenvalue weighted by molar-refractivity contribution is 5.67. The highest BCUT2D eigenvalue weighted by atomic mass is 16.6. The Bertz CT molecular complexity index is 1640. The van der Waals surface area contributed by atoms with E-state index in [-0.39, 0.29) is 24.4 Å².